The van der Waals surface area contributed by atoms with Crippen LogP contribution in [0, 0.1) is 5.82 Å². The van der Waals surface area contributed by atoms with Gasteiger partial charge in [0.25, 0.3) is 0 Å². The van der Waals surface area contributed by atoms with Gasteiger partial charge < -0.3 is 10.2 Å². The minimum Gasteiger partial charge on any atom is -0.326 e. The van der Waals surface area contributed by atoms with E-state index in [1.54, 1.807) is 4.90 Å². The summed E-state index contributed by atoms with van der Waals surface area (Å²) in [6.07, 6.45) is 0.154. The van der Waals surface area contributed by atoms with Crippen molar-refractivity contribution in [3.63, 3.8) is 0 Å². The van der Waals surface area contributed by atoms with Crippen molar-refractivity contribution in [3.8, 4) is 0 Å². The fourth-order valence-corrected chi connectivity index (χ4v) is 3.22. The topological polar surface area (TPSA) is 49.4 Å². The third-order valence-corrected chi connectivity index (χ3v) is 4.68. The van der Waals surface area contributed by atoms with E-state index in [4.69, 9.17) is 0 Å². The second-order valence-electron chi connectivity index (χ2n) is 7.57. The molecule has 0 aliphatic carbocycles. The maximum absolute atomic E-state index is 13.0. The molecular formula is C23H29FN2O2. The first-order valence-electron chi connectivity index (χ1n) is 9.67. The number of nitrogens with zero attached hydrogens (tertiary/aromatic N) is 1. The van der Waals surface area contributed by atoms with E-state index in [2.05, 4.69) is 33.0 Å². The summed E-state index contributed by atoms with van der Waals surface area (Å²) in [7, 11) is 0. The second kappa shape index (κ2) is 9.49. The fraction of sp³-hybridized carbons (Fsp3) is 0.391. The predicted octanol–water partition coefficient (Wildman–Crippen LogP) is 5.45. The smallest absolute Gasteiger partial charge is 0.226 e. The quantitative estimate of drug-likeness (QED) is 0.690. The van der Waals surface area contributed by atoms with E-state index in [-0.39, 0.29) is 42.4 Å². The summed E-state index contributed by atoms with van der Waals surface area (Å²) in [6, 6.07) is 11.7. The van der Waals surface area contributed by atoms with Crippen LogP contribution in [-0.4, -0.2) is 18.4 Å². The number of carbonyl (C=O) groups is 2. The van der Waals surface area contributed by atoms with Crippen LogP contribution >= 0.6 is 0 Å². The first-order valence-corrected chi connectivity index (χ1v) is 9.67. The van der Waals surface area contributed by atoms with Crippen molar-refractivity contribution in [2.75, 3.05) is 16.8 Å². The minimum atomic E-state index is -0.354. The Morgan fingerprint density at radius 1 is 0.964 bits per heavy atom. The number of hydrogen-bond donors (Lipinski definition) is 1. The highest BCUT2D eigenvalue weighted by Crippen LogP contribution is 2.35. The van der Waals surface area contributed by atoms with Gasteiger partial charge in [-0.1, -0.05) is 45.9 Å². The van der Waals surface area contributed by atoms with E-state index in [0.717, 1.165) is 16.8 Å². The summed E-state index contributed by atoms with van der Waals surface area (Å²) in [5.41, 5.74) is 3.64. The molecule has 0 atom stereocenters. The number of para-hydroxylation sites is 1. The van der Waals surface area contributed by atoms with Gasteiger partial charge in [-0.2, -0.15) is 0 Å². The second-order valence-corrected chi connectivity index (χ2v) is 7.57. The Kier molecular flexibility index (Phi) is 7.32. The molecule has 0 aliphatic rings. The summed E-state index contributed by atoms with van der Waals surface area (Å²) in [4.78, 5) is 26.5. The molecule has 0 unspecified atom stereocenters. The average Bonchev–Trinajstić information content (AvgIpc) is 2.63. The summed E-state index contributed by atoms with van der Waals surface area (Å²) >= 11 is 0. The molecular weight excluding hydrogens is 355 g/mol. The van der Waals surface area contributed by atoms with E-state index in [1.165, 1.54) is 31.2 Å². The maximum atomic E-state index is 13.0. The Labute approximate surface area is 166 Å². The monoisotopic (exact) mass is 384 g/mol. The van der Waals surface area contributed by atoms with Crippen LogP contribution in [-0.2, 0) is 9.59 Å². The van der Waals surface area contributed by atoms with Crippen LogP contribution in [0.25, 0.3) is 0 Å². The molecule has 2 aromatic carbocycles. The van der Waals surface area contributed by atoms with Gasteiger partial charge in [0.2, 0.25) is 11.8 Å². The van der Waals surface area contributed by atoms with Crippen LogP contribution in [0.4, 0.5) is 15.8 Å². The Morgan fingerprint density at radius 3 is 1.96 bits per heavy atom. The molecule has 150 valence electrons. The lowest BCUT2D eigenvalue weighted by atomic mass is 9.91. The average molecular weight is 384 g/mol. The van der Waals surface area contributed by atoms with E-state index < -0.39 is 0 Å². The van der Waals surface area contributed by atoms with Gasteiger partial charge >= 0.3 is 0 Å². The largest absolute Gasteiger partial charge is 0.326 e. The molecule has 2 aromatic rings. The molecule has 0 spiro atoms. The molecule has 0 fully saturated rings. The molecule has 0 bridgehead atoms. The number of anilines is 2. The van der Waals surface area contributed by atoms with Gasteiger partial charge in [0.15, 0.2) is 0 Å². The number of rotatable bonds is 7. The van der Waals surface area contributed by atoms with Crippen LogP contribution < -0.4 is 10.2 Å². The molecule has 5 heteroatoms. The van der Waals surface area contributed by atoms with Crippen LogP contribution in [0.2, 0.25) is 0 Å². The van der Waals surface area contributed by atoms with Crippen LogP contribution in [0.15, 0.2) is 42.5 Å². The first-order chi connectivity index (χ1) is 13.2. The predicted molar refractivity (Wildman–Crippen MR) is 112 cm³/mol. The number of carbonyl (C=O) groups excluding carboxylic acids is 2. The van der Waals surface area contributed by atoms with Gasteiger partial charge in [0.05, 0.1) is 5.69 Å². The Balaban J connectivity index is 2.23. The highest BCUT2D eigenvalue weighted by atomic mass is 19.1. The highest BCUT2D eigenvalue weighted by molar-refractivity contribution is 5.96. The molecule has 0 aliphatic heterocycles. The van der Waals surface area contributed by atoms with Crippen molar-refractivity contribution < 1.29 is 14.0 Å². The van der Waals surface area contributed by atoms with E-state index in [0.29, 0.717) is 5.69 Å². The first kappa shape index (κ1) is 21.6. The van der Waals surface area contributed by atoms with Crippen molar-refractivity contribution >= 4 is 23.2 Å². The molecule has 1 N–H and O–H groups in total. The Hall–Kier alpha value is -2.69. The zero-order chi connectivity index (χ0) is 20.8. The van der Waals surface area contributed by atoms with Crippen LogP contribution in [0.3, 0.4) is 0 Å². The van der Waals surface area contributed by atoms with Crippen molar-refractivity contribution in [3.05, 3.63) is 59.4 Å². The maximum Gasteiger partial charge on any atom is 0.226 e. The van der Waals surface area contributed by atoms with Gasteiger partial charge in [-0.15, -0.1) is 0 Å². The number of amides is 2. The fourth-order valence-electron chi connectivity index (χ4n) is 3.22. The zero-order valence-electron chi connectivity index (χ0n) is 17.3. The Morgan fingerprint density at radius 2 is 1.50 bits per heavy atom. The normalized spacial score (nSPS) is 11.0. The lowest BCUT2D eigenvalue weighted by Gasteiger charge is -2.29. The highest BCUT2D eigenvalue weighted by Gasteiger charge is 2.22. The van der Waals surface area contributed by atoms with Crippen molar-refractivity contribution in [2.45, 2.75) is 52.9 Å². The Bertz CT molecular complexity index is 803. The summed E-state index contributed by atoms with van der Waals surface area (Å²) in [5.74, 6) is -0.157. The van der Waals surface area contributed by atoms with Crippen molar-refractivity contribution in [1.82, 2.24) is 0 Å². The number of hydrogen-bond acceptors (Lipinski definition) is 2. The number of halogens is 1. The standard InChI is InChI=1S/C23H29FN2O2/c1-15(2)20-7-6-8-21(16(3)4)23(20)26(17(5)27)14-13-22(28)25-19-11-9-18(24)10-12-19/h6-12,15-16H,13-14H2,1-5H3,(H,25,28). The van der Waals surface area contributed by atoms with E-state index >= 15 is 0 Å². The van der Waals surface area contributed by atoms with Gasteiger partial charge in [-0.25, -0.2) is 4.39 Å². The van der Waals surface area contributed by atoms with Gasteiger partial charge in [-0.3, -0.25) is 9.59 Å². The zero-order valence-corrected chi connectivity index (χ0v) is 17.3. The summed E-state index contributed by atoms with van der Waals surface area (Å²) < 4.78 is 13.0. The van der Waals surface area contributed by atoms with Crippen molar-refractivity contribution in [1.29, 1.82) is 0 Å². The summed E-state index contributed by atoms with van der Waals surface area (Å²) in [6.45, 7) is 10.2. The third kappa shape index (κ3) is 5.41. The molecule has 2 amide bonds. The molecule has 2 rings (SSSR count). The lowest BCUT2D eigenvalue weighted by Crippen LogP contribution is -2.34. The molecule has 4 nitrogen and oxygen atoms in total. The van der Waals surface area contributed by atoms with Gasteiger partial charge in [0, 0.05) is 25.6 Å². The van der Waals surface area contributed by atoms with Gasteiger partial charge in [-0.05, 0) is 47.2 Å². The van der Waals surface area contributed by atoms with Crippen LogP contribution in [0.5, 0.6) is 0 Å². The minimum absolute atomic E-state index is 0.0930. The van der Waals surface area contributed by atoms with Crippen LogP contribution in [0.1, 0.15) is 64.0 Å². The molecule has 0 heterocycles. The molecule has 0 saturated carbocycles. The lowest BCUT2D eigenvalue weighted by molar-refractivity contribution is -0.117. The van der Waals surface area contributed by atoms with Crippen molar-refractivity contribution in [2.24, 2.45) is 0 Å². The number of nitrogens with one attached hydrogen (secondary N) is 1. The molecule has 28 heavy (non-hydrogen) atoms. The third-order valence-electron chi connectivity index (χ3n) is 4.68. The van der Waals surface area contributed by atoms with Gasteiger partial charge in [0.1, 0.15) is 5.82 Å². The molecule has 0 saturated heterocycles. The SMILES string of the molecule is CC(=O)N(CCC(=O)Nc1ccc(F)cc1)c1c(C(C)C)cccc1C(C)C. The number of benzene rings is 2. The van der Waals surface area contributed by atoms with E-state index in [9.17, 15) is 14.0 Å². The summed E-state index contributed by atoms with van der Waals surface area (Å²) in [5, 5.41) is 2.75. The molecule has 0 radical (unpaired) electrons. The van der Waals surface area contributed by atoms with E-state index in [1.807, 2.05) is 18.2 Å². The molecule has 0 aromatic heterocycles.